The summed E-state index contributed by atoms with van der Waals surface area (Å²) >= 11 is 12.3. The van der Waals surface area contributed by atoms with Gasteiger partial charge in [-0.2, -0.15) is 4.31 Å². The first kappa shape index (κ1) is 27.5. The molecule has 0 atom stereocenters. The molecule has 1 aliphatic rings. The monoisotopic (exact) mass is 538 g/mol. The van der Waals surface area contributed by atoms with Gasteiger partial charge in [-0.1, -0.05) is 53.5 Å². The van der Waals surface area contributed by atoms with Crippen LogP contribution in [0.2, 0.25) is 10.0 Å². The van der Waals surface area contributed by atoms with E-state index in [1.165, 1.54) is 16.4 Å². The zero-order valence-electron chi connectivity index (χ0n) is 20.3. The molecule has 190 valence electrons. The van der Waals surface area contributed by atoms with Gasteiger partial charge in [-0.25, -0.2) is 8.42 Å². The quantitative estimate of drug-likeness (QED) is 0.424. The van der Waals surface area contributed by atoms with Gasteiger partial charge in [0, 0.05) is 44.7 Å². The summed E-state index contributed by atoms with van der Waals surface area (Å²) in [5.41, 5.74) is 2.08. The van der Waals surface area contributed by atoms with Crippen LogP contribution in [0.3, 0.4) is 0 Å². The summed E-state index contributed by atoms with van der Waals surface area (Å²) in [6.07, 6.45) is 1.46. The Balaban J connectivity index is 1.51. The lowest BCUT2D eigenvalue weighted by Gasteiger charge is -2.27. The standard InChI is InChI=1S/C25H32Cl2N4O3S/c1-18(2)31(35(33,34)24-21(26)7-6-8-22(24)27)16-5-4-9-23(32)30(3)17-19-10-12-20(13-11-19)25-28-14-15-29-25/h6-8,10-13,18H,4-5,9,14-17H2,1-3H3,(H,28,29). The SMILES string of the molecule is CC(C)N(CCCCC(=O)N(C)Cc1ccc(C2=NCCN2)cc1)S(=O)(=O)c1c(Cl)cccc1Cl. The van der Waals surface area contributed by atoms with Gasteiger partial charge in [-0.3, -0.25) is 9.79 Å². The molecule has 1 amide bonds. The van der Waals surface area contributed by atoms with Crippen molar-refractivity contribution in [1.82, 2.24) is 14.5 Å². The molecule has 2 aromatic rings. The number of sulfonamides is 1. The van der Waals surface area contributed by atoms with E-state index in [4.69, 9.17) is 23.2 Å². The van der Waals surface area contributed by atoms with Crippen molar-refractivity contribution in [1.29, 1.82) is 0 Å². The maximum Gasteiger partial charge on any atom is 0.246 e. The molecular weight excluding hydrogens is 507 g/mol. The minimum absolute atomic E-state index is 0.0176. The normalized spacial score (nSPS) is 13.7. The van der Waals surface area contributed by atoms with E-state index in [0.29, 0.717) is 25.8 Å². The fourth-order valence-corrected chi connectivity index (χ4v) is 6.73. The molecule has 10 heteroatoms. The Morgan fingerprint density at radius 1 is 1.09 bits per heavy atom. The average Bonchev–Trinajstić information content (AvgIpc) is 3.33. The molecule has 0 aliphatic carbocycles. The molecule has 0 saturated heterocycles. The summed E-state index contributed by atoms with van der Waals surface area (Å²) in [5.74, 6) is 0.930. The zero-order chi connectivity index (χ0) is 25.6. The zero-order valence-corrected chi connectivity index (χ0v) is 22.6. The number of hydrogen-bond donors (Lipinski definition) is 1. The number of benzene rings is 2. The minimum Gasteiger partial charge on any atom is -0.368 e. The number of amidine groups is 1. The van der Waals surface area contributed by atoms with Crippen molar-refractivity contribution >= 4 is 45.0 Å². The summed E-state index contributed by atoms with van der Waals surface area (Å²) in [6.45, 7) is 6.06. The second-order valence-corrected chi connectivity index (χ2v) is 11.5. The molecule has 0 aromatic heterocycles. The van der Waals surface area contributed by atoms with E-state index in [9.17, 15) is 13.2 Å². The smallest absolute Gasteiger partial charge is 0.246 e. The third-order valence-corrected chi connectivity index (χ3v) is 8.86. The van der Waals surface area contributed by atoms with Gasteiger partial charge in [0.1, 0.15) is 10.7 Å². The van der Waals surface area contributed by atoms with Gasteiger partial charge in [0.2, 0.25) is 15.9 Å². The molecule has 1 heterocycles. The maximum absolute atomic E-state index is 13.2. The van der Waals surface area contributed by atoms with Crippen LogP contribution >= 0.6 is 23.2 Å². The predicted octanol–water partition coefficient (Wildman–Crippen LogP) is 4.57. The predicted molar refractivity (Wildman–Crippen MR) is 142 cm³/mol. The van der Waals surface area contributed by atoms with Crippen LogP contribution in [0.5, 0.6) is 0 Å². The number of unbranched alkanes of at least 4 members (excludes halogenated alkanes) is 1. The minimum atomic E-state index is -3.87. The van der Waals surface area contributed by atoms with Crippen molar-refractivity contribution in [2.75, 3.05) is 26.7 Å². The largest absolute Gasteiger partial charge is 0.368 e. The lowest BCUT2D eigenvalue weighted by molar-refractivity contribution is -0.130. The Morgan fingerprint density at radius 3 is 2.31 bits per heavy atom. The number of aliphatic imine (C=N–C) groups is 1. The molecule has 0 fully saturated rings. The first-order chi connectivity index (χ1) is 16.6. The van der Waals surface area contributed by atoms with E-state index in [0.717, 1.165) is 30.1 Å². The van der Waals surface area contributed by atoms with Crippen LogP contribution < -0.4 is 5.32 Å². The summed E-state index contributed by atoms with van der Waals surface area (Å²) < 4.78 is 27.9. The average molecular weight is 540 g/mol. The molecule has 0 bridgehead atoms. The highest BCUT2D eigenvalue weighted by molar-refractivity contribution is 7.89. The van der Waals surface area contributed by atoms with Crippen LogP contribution in [-0.4, -0.2) is 62.1 Å². The van der Waals surface area contributed by atoms with Gasteiger partial charge in [-0.15, -0.1) is 0 Å². The molecule has 1 aliphatic heterocycles. The molecule has 3 rings (SSSR count). The molecule has 0 spiro atoms. The van der Waals surface area contributed by atoms with Crippen LogP contribution in [0.1, 0.15) is 44.2 Å². The van der Waals surface area contributed by atoms with Gasteiger partial charge in [-0.05, 0) is 44.4 Å². The van der Waals surface area contributed by atoms with E-state index < -0.39 is 10.0 Å². The maximum atomic E-state index is 13.2. The highest BCUT2D eigenvalue weighted by Crippen LogP contribution is 2.32. The second-order valence-electron chi connectivity index (χ2n) is 8.82. The van der Waals surface area contributed by atoms with Crippen molar-refractivity contribution < 1.29 is 13.2 Å². The molecule has 2 aromatic carbocycles. The molecule has 7 nitrogen and oxygen atoms in total. The first-order valence-corrected chi connectivity index (χ1v) is 13.9. The Bertz CT molecular complexity index is 1150. The molecule has 0 radical (unpaired) electrons. The molecule has 0 unspecified atom stereocenters. The summed E-state index contributed by atoms with van der Waals surface area (Å²) in [6, 6.07) is 12.4. The van der Waals surface area contributed by atoms with E-state index in [-0.39, 0.29) is 33.4 Å². The van der Waals surface area contributed by atoms with Crippen LogP contribution in [0.4, 0.5) is 0 Å². The Morgan fingerprint density at radius 2 is 1.74 bits per heavy atom. The summed E-state index contributed by atoms with van der Waals surface area (Å²) in [4.78, 5) is 18.7. The number of halogens is 2. The lowest BCUT2D eigenvalue weighted by atomic mass is 10.1. The Labute approximate surface area is 218 Å². The molecule has 1 N–H and O–H groups in total. The van der Waals surface area contributed by atoms with E-state index in [1.54, 1.807) is 18.0 Å². The van der Waals surface area contributed by atoms with Crippen molar-refractivity contribution in [2.45, 2.75) is 50.6 Å². The van der Waals surface area contributed by atoms with Gasteiger partial charge in [0.25, 0.3) is 0 Å². The van der Waals surface area contributed by atoms with Gasteiger partial charge in [0.05, 0.1) is 16.6 Å². The number of carbonyl (C=O) groups is 1. The van der Waals surface area contributed by atoms with Gasteiger partial charge < -0.3 is 10.2 Å². The number of nitrogens with zero attached hydrogens (tertiary/aromatic N) is 3. The van der Waals surface area contributed by atoms with Crippen molar-refractivity contribution in [3.8, 4) is 0 Å². The van der Waals surface area contributed by atoms with Crippen LogP contribution in [-0.2, 0) is 21.4 Å². The highest BCUT2D eigenvalue weighted by atomic mass is 35.5. The number of hydrogen-bond acceptors (Lipinski definition) is 5. The summed E-state index contributed by atoms with van der Waals surface area (Å²) in [5, 5.41) is 3.45. The van der Waals surface area contributed by atoms with Crippen molar-refractivity contribution in [3.63, 3.8) is 0 Å². The van der Waals surface area contributed by atoms with Crippen molar-refractivity contribution in [3.05, 3.63) is 63.6 Å². The fourth-order valence-electron chi connectivity index (χ4n) is 3.96. The van der Waals surface area contributed by atoms with Crippen LogP contribution in [0.15, 0.2) is 52.4 Å². The first-order valence-electron chi connectivity index (χ1n) is 11.7. The highest BCUT2D eigenvalue weighted by Gasteiger charge is 2.30. The van der Waals surface area contributed by atoms with Gasteiger partial charge in [0.15, 0.2) is 0 Å². The molecular formula is C25H32Cl2N4O3S. The molecule has 0 saturated carbocycles. The second kappa shape index (κ2) is 12.2. The van der Waals surface area contributed by atoms with Gasteiger partial charge >= 0.3 is 0 Å². The van der Waals surface area contributed by atoms with E-state index >= 15 is 0 Å². The van der Waals surface area contributed by atoms with Crippen LogP contribution in [0, 0.1) is 0 Å². The third-order valence-electron chi connectivity index (χ3n) is 5.83. The van der Waals surface area contributed by atoms with E-state index in [2.05, 4.69) is 10.3 Å². The lowest BCUT2D eigenvalue weighted by Crippen LogP contribution is -2.38. The third kappa shape index (κ3) is 6.97. The Hall–Kier alpha value is -2.13. The Kier molecular flexibility index (Phi) is 9.58. The number of carbonyl (C=O) groups excluding carboxylic acids is 1. The number of rotatable bonds is 11. The van der Waals surface area contributed by atoms with E-state index in [1.807, 2.05) is 38.1 Å². The number of nitrogens with one attached hydrogen (secondary N) is 1. The molecule has 35 heavy (non-hydrogen) atoms. The van der Waals surface area contributed by atoms with Crippen molar-refractivity contribution in [2.24, 2.45) is 4.99 Å². The summed E-state index contributed by atoms with van der Waals surface area (Å²) in [7, 11) is -2.09. The fraction of sp³-hybridized carbons (Fsp3) is 0.440. The number of amides is 1. The van der Waals surface area contributed by atoms with Crippen LogP contribution in [0.25, 0.3) is 0 Å². The topological polar surface area (TPSA) is 82.1 Å².